The van der Waals surface area contributed by atoms with E-state index in [9.17, 15) is 8.42 Å². The predicted octanol–water partition coefficient (Wildman–Crippen LogP) is 4.39. The summed E-state index contributed by atoms with van der Waals surface area (Å²) >= 11 is 0. The van der Waals surface area contributed by atoms with E-state index in [1.165, 1.54) is 4.31 Å². The Bertz CT molecular complexity index is 1130. The van der Waals surface area contributed by atoms with Gasteiger partial charge in [-0.2, -0.15) is 4.31 Å². The molecule has 0 aromatic heterocycles. The van der Waals surface area contributed by atoms with Gasteiger partial charge in [0.25, 0.3) is 0 Å². The van der Waals surface area contributed by atoms with Crippen LogP contribution < -0.4 is 9.47 Å². The van der Waals surface area contributed by atoms with Crippen LogP contribution in [0.5, 0.6) is 11.5 Å². The van der Waals surface area contributed by atoms with Gasteiger partial charge in [-0.1, -0.05) is 23.8 Å². The van der Waals surface area contributed by atoms with Crippen LogP contribution in [0.25, 0.3) is 0 Å². The largest absolute Gasteiger partial charge is 0.501 e. The standard InChI is InChI=1S/C25H29NO6S/c1-18-7-10-20(11-8-18)33(27,28)26(16-19-9-12-24-25(15-19)32-17-31-24)14-13-21-22(29-2)5-4-6-23(21)30-3/h5-12,15,21H,4,13-14,16-17H2,1-3H3. The maximum absolute atomic E-state index is 13.6. The Morgan fingerprint density at radius 2 is 1.64 bits per heavy atom. The number of hydrogen-bond donors (Lipinski definition) is 0. The van der Waals surface area contributed by atoms with Crippen LogP contribution in [0.1, 0.15) is 24.0 Å². The Labute approximate surface area is 195 Å². The van der Waals surface area contributed by atoms with Crippen LogP contribution in [0.2, 0.25) is 0 Å². The highest BCUT2D eigenvalue weighted by atomic mass is 32.2. The van der Waals surface area contributed by atoms with E-state index in [0.29, 0.717) is 17.9 Å². The molecule has 8 heteroatoms. The van der Waals surface area contributed by atoms with Crippen molar-refractivity contribution in [1.82, 2.24) is 4.31 Å². The zero-order valence-corrected chi connectivity index (χ0v) is 19.9. The van der Waals surface area contributed by atoms with Crippen LogP contribution in [0.3, 0.4) is 0 Å². The number of aryl methyl sites for hydroxylation is 1. The average molecular weight is 472 g/mol. The molecule has 0 amide bonds. The lowest BCUT2D eigenvalue weighted by atomic mass is 9.95. The SMILES string of the molecule is COC1=CCC=C(OC)C1CCN(Cc1ccc2c(c1)OCO2)S(=O)(=O)c1ccc(C)cc1. The number of fused-ring (bicyclic) bond motifs is 1. The van der Waals surface area contributed by atoms with Gasteiger partial charge in [-0.05, 0) is 61.7 Å². The van der Waals surface area contributed by atoms with Crippen LogP contribution in [-0.4, -0.2) is 40.3 Å². The highest BCUT2D eigenvalue weighted by molar-refractivity contribution is 7.89. The Balaban J connectivity index is 1.62. The lowest BCUT2D eigenvalue weighted by Gasteiger charge is -2.28. The molecule has 2 aliphatic rings. The first kappa shape index (κ1) is 23.2. The summed E-state index contributed by atoms with van der Waals surface area (Å²) in [5.41, 5.74) is 1.83. The van der Waals surface area contributed by atoms with Gasteiger partial charge in [-0.15, -0.1) is 0 Å². The number of methoxy groups -OCH3 is 2. The molecule has 0 N–H and O–H groups in total. The molecule has 0 saturated heterocycles. The van der Waals surface area contributed by atoms with Gasteiger partial charge in [0.1, 0.15) is 11.5 Å². The van der Waals surface area contributed by atoms with E-state index >= 15 is 0 Å². The monoisotopic (exact) mass is 471 g/mol. The fourth-order valence-corrected chi connectivity index (χ4v) is 5.55. The van der Waals surface area contributed by atoms with E-state index in [1.807, 2.05) is 49.4 Å². The van der Waals surface area contributed by atoms with Crippen molar-refractivity contribution in [2.45, 2.75) is 31.2 Å². The second kappa shape index (κ2) is 9.89. The van der Waals surface area contributed by atoms with Gasteiger partial charge >= 0.3 is 0 Å². The van der Waals surface area contributed by atoms with Crippen molar-refractivity contribution in [2.24, 2.45) is 5.92 Å². The highest BCUT2D eigenvalue weighted by Gasteiger charge is 2.30. The minimum Gasteiger partial charge on any atom is -0.501 e. The first-order chi connectivity index (χ1) is 15.9. The fourth-order valence-electron chi connectivity index (χ4n) is 4.11. The normalized spacial score (nSPS) is 15.9. The summed E-state index contributed by atoms with van der Waals surface area (Å²) in [4.78, 5) is 0.266. The van der Waals surface area contributed by atoms with E-state index in [1.54, 1.807) is 26.4 Å². The van der Waals surface area contributed by atoms with Gasteiger partial charge in [0.15, 0.2) is 11.5 Å². The van der Waals surface area contributed by atoms with Gasteiger partial charge in [0.2, 0.25) is 16.8 Å². The summed E-state index contributed by atoms with van der Waals surface area (Å²) in [6.45, 7) is 2.60. The quantitative estimate of drug-likeness (QED) is 0.540. The lowest BCUT2D eigenvalue weighted by molar-refractivity contribution is 0.174. The Morgan fingerprint density at radius 3 is 2.30 bits per heavy atom. The third-order valence-electron chi connectivity index (χ3n) is 5.92. The van der Waals surface area contributed by atoms with Crippen molar-refractivity contribution in [3.05, 3.63) is 77.3 Å². The molecule has 33 heavy (non-hydrogen) atoms. The number of hydrogen-bond acceptors (Lipinski definition) is 6. The summed E-state index contributed by atoms with van der Waals surface area (Å²) in [5, 5.41) is 0. The average Bonchev–Trinajstić information content (AvgIpc) is 3.29. The number of nitrogens with zero attached hydrogens (tertiary/aromatic N) is 1. The molecule has 4 rings (SSSR count). The maximum Gasteiger partial charge on any atom is 0.243 e. The molecule has 0 bridgehead atoms. The Morgan fingerprint density at radius 1 is 0.970 bits per heavy atom. The number of rotatable bonds is 9. The second-order valence-corrected chi connectivity index (χ2v) is 9.98. The van der Waals surface area contributed by atoms with Crippen molar-refractivity contribution < 1.29 is 27.4 Å². The maximum atomic E-state index is 13.6. The summed E-state index contributed by atoms with van der Waals surface area (Å²) < 4.78 is 50.8. The van der Waals surface area contributed by atoms with Crippen molar-refractivity contribution >= 4 is 10.0 Å². The molecule has 0 unspecified atom stereocenters. The minimum atomic E-state index is -3.74. The number of allylic oxidation sites excluding steroid dienone is 2. The smallest absolute Gasteiger partial charge is 0.243 e. The summed E-state index contributed by atoms with van der Waals surface area (Å²) in [6.07, 6.45) is 5.26. The van der Waals surface area contributed by atoms with E-state index in [2.05, 4.69) is 0 Å². The van der Waals surface area contributed by atoms with Gasteiger partial charge < -0.3 is 18.9 Å². The molecular formula is C25H29NO6S. The number of sulfonamides is 1. The van der Waals surface area contributed by atoms with Crippen LogP contribution in [-0.2, 0) is 26.0 Å². The molecule has 0 saturated carbocycles. The zero-order chi connectivity index (χ0) is 23.4. The van der Waals surface area contributed by atoms with Crippen molar-refractivity contribution in [3.8, 4) is 11.5 Å². The zero-order valence-electron chi connectivity index (χ0n) is 19.1. The van der Waals surface area contributed by atoms with Crippen LogP contribution in [0.15, 0.2) is 71.0 Å². The predicted molar refractivity (Wildman–Crippen MR) is 124 cm³/mol. The molecule has 7 nitrogen and oxygen atoms in total. The molecule has 0 radical (unpaired) electrons. The van der Waals surface area contributed by atoms with E-state index < -0.39 is 10.0 Å². The lowest BCUT2D eigenvalue weighted by Crippen LogP contribution is -2.33. The summed E-state index contributed by atoms with van der Waals surface area (Å²) in [5.74, 6) is 2.75. The summed E-state index contributed by atoms with van der Waals surface area (Å²) in [7, 11) is -0.479. The minimum absolute atomic E-state index is 0.138. The molecule has 1 aliphatic heterocycles. The van der Waals surface area contributed by atoms with Crippen LogP contribution >= 0.6 is 0 Å². The van der Waals surface area contributed by atoms with Crippen molar-refractivity contribution in [1.29, 1.82) is 0 Å². The van der Waals surface area contributed by atoms with E-state index in [0.717, 1.165) is 29.1 Å². The molecule has 0 atom stereocenters. The fraction of sp³-hybridized carbons (Fsp3) is 0.360. The topological polar surface area (TPSA) is 74.3 Å². The van der Waals surface area contributed by atoms with Crippen LogP contribution in [0, 0.1) is 12.8 Å². The molecule has 0 fully saturated rings. The van der Waals surface area contributed by atoms with Gasteiger partial charge in [0.05, 0.1) is 25.0 Å². The first-order valence-electron chi connectivity index (χ1n) is 10.9. The van der Waals surface area contributed by atoms with Crippen molar-refractivity contribution in [2.75, 3.05) is 27.6 Å². The molecule has 1 heterocycles. The highest BCUT2D eigenvalue weighted by Crippen LogP contribution is 2.34. The van der Waals surface area contributed by atoms with Gasteiger partial charge in [-0.3, -0.25) is 0 Å². The second-order valence-electron chi connectivity index (χ2n) is 8.04. The van der Waals surface area contributed by atoms with Gasteiger partial charge in [-0.25, -0.2) is 8.42 Å². The molecule has 0 spiro atoms. The van der Waals surface area contributed by atoms with E-state index in [4.69, 9.17) is 18.9 Å². The first-order valence-corrected chi connectivity index (χ1v) is 12.3. The Kier molecular flexibility index (Phi) is 6.95. The molecule has 176 valence electrons. The molecule has 1 aliphatic carbocycles. The molecule has 2 aromatic carbocycles. The molecular weight excluding hydrogens is 442 g/mol. The van der Waals surface area contributed by atoms with Crippen LogP contribution in [0.4, 0.5) is 0 Å². The van der Waals surface area contributed by atoms with E-state index in [-0.39, 0.29) is 30.7 Å². The third kappa shape index (κ3) is 5.02. The van der Waals surface area contributed by atoms with Crippen molar-refractivity contribution in [3.63, 3.8) is 0 Å². The number of benzene rings is 2. The molecule has 2 aromatic rings. The summed E-state index contributed by atoms with van der Waals surface area (Å²) in [6, 6.07) is 12.4. The third-order valence-corrected chi connectivity index (χ3v) is 7.78. The van der Waals surface area contributed by atoms with Gasteiger partial charge in [0, 0.05) is 13.1 Å². The number of ether oxygens (including phenoxy) is 4. The Hall–Kier alpha value is -2.97.